The summed E-state index contributed by atoms with van der Waals surface area (Å²) in [6.45, 7) is 2.25. The largest absolute Gasteiger partial charge is 0.385 e. The Bertz CT molecular complexity index is 367. The van der Waals surface area contributed by atoms with E-state index in [9.17, 15) is 9.18 Å². The van der Waals surface area contributed by atoms with Gasteiger partial charge in [0.2, 0.25) is 0 Å². The predicted octanol–water partition coefficient (Wildman–Crippen LogP) is 1.40. The molecule has 0 amide bonds. The molecule has 2 N–H and O–H groups in total. The Morgan fingerprint density at radius 2 is 2.29 bits per heavy atom. The van der Waals surface area contributed by atoms with Crippen LogP contribution >= 0.6 is 0 Å². The van der Waals surface area contributed by atoms with E-state index in [0.717, 1.165) is 6.20 Å². The van der Waals surface area contributed by atoms with Crippen LogP contribution in [-0.4, -0.2) is 30.5 Å². The number of ketones is 1. The number of ether oxygens (including phenoxy) is 1. The van der Waals surface area contributed by atoms with Crippen LogP contribution < -0.4 is 5.73 Å². The first-order valence-electron chi connectivity index (χ1n) is 5.46. The third kappa shape index (κ3) is 3.87. The first-order valence-corrected chi connectivity index (χ1v) is 5.46. The van der Waals surface area contributed by atoms with Crippen LogP contribution in [0, 0.1) is 11.7 Å². The lowest BCUT2D eigenvalue weighted by atomic mass is 9.93. The Balaban J connectivity index is 2.65. The lowest BCUT2D eigenvalue weighted by Crippen LogP contribution is -2.35. The van der Waals surface area contributed by atoms with E-state index in [1.54, 1.807) is 14.0 Å². The van der Waals surface area contributed by atoms with Crippen molar-refractivity contribution >= 4 is 5.78 Å². The Hall–Kier alpha value is -1.33. The monoisotopic (exact) mass is 240 g/mol. The fourth-order valence-electron chi connectivity index (χ4n) is 1.45. The molecule has 0 fully saturated rings. The van der Waals surface area contributed by atoms with Gasteiger partial charge in [-0.2, -0.15) is 0 Å². The molecule has 2 atom stereocenters. The van der Waals surface area contributed by atoms with Gasteiger partial charge < -0.3 is 10.5 Å². The minimum atomic E-state index is -0.460. The fourth-order valence-corrected chi connectivity index (χ4v) is 1.45. The van der Waals surface area contributed by atoms with Gasteiger partial charge >= 0.3 is 0 Å². The number of Topliss-reactive ketones (excluding diaryl/α,β-unsaturated/α-hetero) is 1. The Labute approximate surface area is 100.0 Å². The molecule has 5 heteroatoms. The second kappa shape index (κ2) is 6.42. The summed E-state index contributed by atoms with van der Waals surface area (Å²) in [6.07, 6.45) is 1.63. The minimum Gasteiger partial charge on any atom is -0.385 e. The molecule has 0 aromatic carbocycles. The fraction of sp³-hybridized carbons (Fsp3) is 0.500. The van der Waals surface area contributed by atoms with Crippen LogP contribution in [0.15, 0.2) is 18.3 Å². The molecule has 1 heterocycles. The third-order valence-electron chi connectivity index (χ3n) is 2.69. The minimum absolute atomic E-state index is 0.173. The molecule has 1 aromatic heterocycles. The van der Waals surface area contributed by atoms with Crippen molar-refractivity contribution in [2.24, 2.45) is 11.7 Å². The number of hydrogen-bond donors (Lipinski definition) is 1. The highest BCUT2D eigenvalue weighted by atomic mass is 19.1. The van der Waals surface area contributed by atoms with Gasteiger partial charge in [0.15, 0.2) is 5.78 Å². The number of nitrogens with zero attached hydrogens (tertiary/aromatic N) is 1. The number of halogens is 1. The lowest BCUT2D eigenvalue weighted by Gasteiger charge is -2.17. The van der Waals surface area contributed by atoms with Crippen molar-refractivity contribution in [3.05, 3.63) is 29.8 Å². The van der Waals surface area contributed by atoms with Gasteiger partial charge in [0.05, 0.1) is 6.20 Å². The van der Waals surface area contributed by atoms with Gasteiger partial charge in [-0.25, -0.2) is 4.39 Å². The zero-order valence-electron chi connectivity index (χ0n) is 10.0. The lowest BCUT2D eigenvalue weighted by molar-refractivity contribution is 0.0893. The van der Waals surface area contributed by atoms with Gasteiger partial charge in [-0.3, -0.25) is 9.78 Å². The molecule has 0 bridgehead atoms. The second-order valence-electron chi connectivity index (χ2n) is 3.96. The summed E-state index contributed by atoms with van der Waals surface area (Å²) in [7, 11) is 1.58. The molecule has 0 radical (unpaired) electrons. The first kappa shape index (κ1) is 13.7. The average Bonchev–Trinajstić information content (AvgIpc) is 2.35. The summed E-state index contributed by atoms with van der Waals surface area (Å²) in [5.74, 6) is -0.991. The topological polar surface area (TPSA) is 65.2 Å². The molecule has 17 heavy (non-hydrogen) atoms. The van der Waals surface area contributed by atoms with Crippen LogP contribution in [0.25, 0.3) is 0 Å². The molecular formula is C12H17FN2O2. The van der Waals surface area contributed by atoms with Crippen molar-refractivity contribution in [1.82, 2.24) is 4.98 Å². The van der Waals surface area contributed by atoms with Crippen LogP contribution in [0.2, 0.25) is 0 Å². The standard InChI is InChI=1S/C12H17FN2O2/c1-8(10(14)5-6-17-2)12(16)11-4-3-9(13)7-15-11/h3-4,7-8,10H,5-6,14H2,1-2H3. The number of pyridine rings is 1. The highest BCUT2D eigenvalue weighted by molar-refractivity contribution is 5.96. The van der Waals surface area contributed by atoms with Crippen LogP contribution in [0.1, 0.15) is 23.8 Å². The number of methoxy groups -OCH3 is 1. The number of nitrogens with two attached hydrogens (primary N) is 1. The van der Waals surface area contributed by atoms with Gasteiger partial charge in [0.25, 0.3) is 0 Å². The molecule has 1 aromatic rings. The summed E-state index contributed by atoms with van der Waals surface area (Å²) >= 11 is 0. The Morgan fingerprint density at radius 3 is 2.82 bits per heavy atom. The Morgan fingerprint density at radius 1 is 1.59 bits per heavy atom. The van der Waals surface area contributed by atoms with Crippen molar-refractivity contribution in [1.29, 1.82) is 0 Å². The summed E-state index contributed by atoms with van der Waals surface area (Å²) in [5.41, 5.74) is 6.11. The van der Waals surface area contributed by atoms with Gasteiger partial charge in [-0.1, -0.05) is 6.92 Å². The SMILES string of the molecule is COCCC(N)C(C)C(=O)c1ccc(F)cn1. The maximum Gasteiger partial charge on any atom is 0.185 e. The first-order chi connectivity index (χ1) is 8.06. The molecule has 0 saturated carbocycles. The molecule has 0 spiro atoms. The summed E-state index contributed by atoms with van der Waals surface area (Å²) in [6, 6.07) is 2.31. The van der Waals surface area contributed by atoms with Gasteiger partial charge in [-0.15, -0.1) is 0 Å². The average molecular weight is 240 g/mol. The number of hydrogen-bond acceptors (Lipinski definition) is 4. The molecule has 0 aliphatic carbocycles. The number of aromatic nitrogens is 1. The molecule has 94 valence electrons. The molecule has 0 saturated heterocycles. The van der Waals surface area contributed by atoms with E-state index >= 15 is 0 Å². The number of rotatable bonds is 6. The van der Waals surface area contributed by atoms with Crippen molar-refractivity contribution < 1.29 is 13.9 Å². The van der Waals surface area contributed by atoms with E-state index < -0.39 is 5.82 Å². The van der Waals surface area contributed by atoms with Crippen molar-refractivity contribution in [3.8, 4) is 0 Å². The van der Waals surface area contributed by atoms with E-state index in [0.29, 0.717) is 13.0 Å². The normalized spacial score (nSPS) is 14.4. The van der Waals surface area contributed by atoms with Crippen LogP contribution in [0.3, 0.4) is 0 Å². The van der Waals surface area contributed by atoms with Gasteiger partial charge in [0, 0.05) is 25.7 Å². The van der Waals surface area contributed by atoms with Gasteiger partial charge in [-0.05, 0) is 18.6 Å². The van der Waals surface area contributed by atoms with Gasteiger partial charge in [0.1, 0.15) is 11.5 Å². The maximum atomic E-state index is 12.7. The number of carbonyl (C=O) groups excluding carboxylic acids is 1. The Kier molecular flexibility index (Phi) is 5.18. The smallest absolute Gasteiger partial charge is 0.185 e. The van der Waals surface area contributed by atoms with E-state index in [1.807, 2.05) is 0 Å². The molecule has 4 nitrogen and oxygen atoms in total. The third-order valence-corrected chi connectivity index (χ3v) is 2.69. The quantitative estimate of drug-likeness (QED) is 0.763. The zero-order chi connectivity index (χ0) is 12.8. The van der Waals surface area contributed by atoms with Crippen molar-refractivity contribution in [2.75, 3.05) is 13.7 Å². The molecule has 2 unspecified atom stereocenters. The molecule has 0 aliphatic heterocycles. The highest BCUT2D eigenvalue weighted by Crippen LogP contribution is 2.12. The van der Waals surface area contributed by atoms with E-state index in [2.05, 4.69) is 4.98 Å². The second-order valence-corrected chi connectivity index (χ2v) is 3.96. The van der Waals surface area contributed by atoms with E-state index in [-0.39, 0.29) is 23.4 Å². The molecule has 1 rings (SSSR count). The van der Waals surface area contributed by atoms with E-state index in [4.69, 9.17) is 10.5 Å². The molecular weight excluding hydrogens is 223 g/mol. The highest BCUT2D eigenvalue weighted by Gasteiger charge is 2.22. The van der Waals surface area contributed by atoms with Crippen LogP contribution in [0.5, 0.6) is 0 Å². The van der Waals surface area contributed by atoms with Crippen LogP contribution in [0.4, 0.5) is 4.39 Å². The summed E-state index contributed by atoms with van der Waals surface area (Å²) in [4.78, 5) is 15.7. The van der Waals surface area contributed by atoms with Crippen LogP contribution in [-0.2, 0) is 4.74 Å². The predicted molar refractivity (Wildman–Crippen MR) is 62.2 cm³/mol. The molecule has 0 aliphatic rings. The van der Waals surface area contributed by atoms with Crippen molar-refractivity contribution in [3.63, 3.8) is 0 Å². The maximum absolute atomic E-state index is 12.7. The van der Waals surface area contributed by atoms with Crippen molar-refractivity contribution in [2.45, 2.75) is 19.4 Å². The number of carbonyl (C=O) groups is 1. The summed E-state index contributed by atoms with van der Waals surface area (Å²) < 4.78 is 17.6. The zero-order valence-corrected chi connectivity index (χ0v) is 10.0. The summed E-state index contributed by atoms with van der Waals surface area (Å²) in [5, 5.41) is 0. The van der Waals surface area contributed by atoms with E-state index in [1.165, 1.54) is 12.1 Å².